The molecular formula is C22H22N4O2S2. The summed E-state index contributed by atoms with van der Waals surface area (Å²) in [5.74, 6) is 0.332. The summed E-state index contributed by atoms with van der Waals surface area (Å²) < 4.78 is 0.693. The zero-order valence-corrected chi connectivity index (χ0v) is 18.1. The number of nitrogens with two attached hydrogens (primary N) is 1. The first kappa shape index (κ1) is 19.5. The smallest absolute Gasteiger partial charge is 0.233 e. The monoisotopic (exact) mass is 438 g/mol. The number of amides is 1. The van der Waals surface area contributed by atoms with Crippen LogP contribution in [0.4, 0.5) is 5.13 Å². The molecule has 2 aromatic carbocycles. The lowest BCUT2D eigenvalue weighted by atomic mass is 9.87. The van der Waals surface area contributed by atoms with Gasteiger partial charge in [-0.2, -0.15) is 0 Å². The predicted molar refractivity (Wildman–Crippen MR) is 120 cm³/mol. The number of likely N-dealkylation sites (tertiary alicyclic amines) is 1. The highest BCUT2D eigenvalue weighted by atomic mass is 32.2. The van der Waals surface area contributed by atoms with E-state index in [9.17, 15) is 9.59 Å². The number of ketones is 1. The topological polar surface area (TPSA) is 89.2 Å². The lowest BCUT2D eigenvalue weighted by Gasteiger charge is -2.32. The van der Waals surface area contributed by atoms with Crippen molar-refractivity contribution in [2.45, 2.75) is 30.0 Å². The number of thioether (sulfide) groups is 1. The molecule has 1 aliphatic heterocycles. The van der Waals surface area contributed by atoms with Crippen molar-refractivity contribution in [2.75, 3.05) is 24.6 Å². The van der Waals surface area contributed by atoms with Crippen LogP contribution in [0.5, 0.6) is 0 Å². The van der Waals surface area contributed by atoms with Gasteiger partial charge < -0.3 is 10.6 Å². The number of aryl methyl sites for hydroxylation is 2. The van der Waals surface area contributed by atoms with Crippen LogP contribution in [-0.4, -0.2) is 45.6 Å². The van der Waals surface area contributed by atoms with Crippen molar-refractivity contribution in [1.29, 1.82) is 0 Å². The second kappa shape index (κ2) is 8.00. The Morgan fingerprint density at radius 2 is 2.00 bits per heavy atom. The molecule has 30 heavy (non-hydrogen) atoms. The molecule has 2 heterocycles. The summed E-state index contributed by atoms with van der Waals surface area (Å²) in [6.07, 6.45) is 3.77. The standard InChI is InChI=1S/C22H22N4O2S2/c23-21-24-25-22(30-21)29-12-18(27)26-10-2-4-15(11-26)20(28)17-9-8-14-7-6-13-3-1-5-16(17)19(13)14/h1,3,5,8-9,15H,2,4,6-7,10-12H2,(H2,23,24). The third-order valence-electron chi connectivity index (χ3n) is 6.03. The fourth-order valence-corrected chi connectivity index (χ4v) is 6.13. The summed E-state index contributed by atoms with van der Waals surface area (Å²) in [5.41, 5.74) is 9.08. The second-order valence-electron chi connectivity index (χ2n) is 7.85. The van der Waals surface area contributed by atoms with E-state index >= 15 is 0 Å². The SMILES string of the molecule is Nc1nnc(SCC(=O)N2CCCC(C(=O)c3ccc4c5c(cccc35)CC4)C2)s1. The number of carbonyl (C=O) groups is 2. The normalized spacial score (nSPS) is 18.1. The Morgan fingerprint density at radius 1 is 1.17 bits per heavy atom. The zero-order valence-electron chi connectivity index (χ0n) is 16.5. The fourth-order valence-electron chi connectivity index (χ4n) is 4.59. The summed E-state index contributed by atoms with van der Waals surface area (Å²) in [7, 11) is 0. The van der Waals surface area contributed by atoms with E-state index in [0.717, 1.165) is 36.6 Å². The van der Waals surface area contributed by atoms with Gasteiger partial charge in [-0.05, 0) is 47.6 Å². The maximum Gasteiger partial charge on any atom is 0.233 e. The van der Waals surface area contributed by atoms with Crippen molar-refractivity contribution in [3.8, 4) is 0 Å². The number of nitrogen functional groups attached to an aromatic ring is 1. The summed E-state index contributed by atoms with van der Waals surface area (Å²) >= 11 is 2.63. The Balaban J connectivity index is 1.31. The van der Waals surface area contributed by atoms with Gasteiger partial charge in [-0.3, -0.25) is 9.59 Å². The predicted octanol–water partition coefficient (Wildman–Crippen LogP) is 3.59. The van der Waals surface area contributed by atoms with Crippen molar-refractivity contribution < 1.29 is 9.59 Å². The van der Waals surface area contributed by atoms with Crippen molar-refractivity contribution in [3.63, 3.8) is 0 Å². The van der Waals surface area contributed by atoms with Gasteiger partial charge in [0.1, 0.15) is 0 Å². The molecule has 2 aliphatic rings. The van der Waals surface area contributed by atoms with Gasteiger partial charge in [0.25, 0.3) is 0 Å². The Hall–Kier alpha value is -2.45. The summed E-state index contributed by atoms with van der Waals surface area (Å²) in [6.45, 7) is 1.19. The molecule has 1 aromatic heterocycles. The molecular weight excluding hydrogens is 416 g/mol. The summed E-state index contributed by atoms with van der Waals surface area (Å²) in [6, 6.07) is 10.4. The lowest BCUT2D eigenvalue weighted by Crippen LogP contribution is -2.43. The quantitative estimate of drug-likeness (QED) is 0.484. The number of hydrogen-bond acceptors (Lipinski definition) is 7. The molecule has 1 amide bonds. The number of Topliss-reactive ketones (excluding diaryl/α,β-unsaturated/α-hetero) is 1. The first-order valence-corrected chi connectivity index (χ1v) is 12.0. The van der Waals surface area contributed by atoms with Gasteiger partial charge in [-0.1, -0.05) is 53.4 Å². The van der Waals surface area contributed by atoms with Gasteiger partial charge in [0, 0.05) is 24.6 Å². The third-order valence-corrected chi connectivity index (χ3v) is 7.90. The van der Waals surface area contributed by atoms with E-state index < -0.39 is 0 Å². The highest BCUT2D eigenvalue weighted by molar-refractivity contribution is 8.01. The molecule has 0 radical (unpaired) electrons. The number of carbonyl (C=O) groups excluding carboxylic acids is 2. The van der Waals surface area contributed by atoms with E-state index in [-0.39, 0.29) is 23.4 Å². The van der Waals surface area contributed by atoms with Gasteiger partial charge in [0.2, 0.25) is 11.0 Å². The Bertz CT molecular complexity index is 1130. The average Bonchev–Trinajstić information content (AvgIpc) is 3.39. The van der Waals surface area contributed by atoms with Crippen LogP contribution >= 0.6 is 23.1 Å². The third kappa shape index (κ3) is 3.58. The molecule has 0 bridgehead atoms. The first-order chi connectivity index (χ1) is 14.6. The molecule has 5 rings (SSSR count). The number of aromatic nitrogens is 2. The minimum Gasteiger partial charge on any atom is -0.374 e. The van der Waals surface area contributed by atoms with Crippen molar-refractivity contribution in [3.05, 3.63) is 47.0 Å². The minimum absolute atomic E-state index is 0.0340. The number of hydrogen-bond donors (Lipinski definition) is 1. The van der Waals surface area contributed by atoms with Crippen molar-refractivity contribution in [2.24, 2.45) is 5.92 Å². The number of nitrogens with zero attached hydrogens (tertiary/aromatic N) is 3. The molecule has 154 valence electrons. The second-order valence-corrected chi connectivity index (χ2v) is 10.1. The van der Waals surface area contributed by atoms with E-state index in [4.69, 9.17) is 5.73 Å². The molecule has 1 saturated heterocycles. The van der Waals surface area contributed by atoms with E-state index in [0.29, 0.717) is 22.6 Å². The first-order valence-electron chi connectivity index (χ1n) is 10.2. The van der Waals surface area contributed by atoms with Crippen LogP contribution in [0.1, 0.15) is 34.3 Å². The van der Waals surface area contributed by atoms with Gasteiger partial charge in [-0.25, -0.2) is 0 Å². The summed E-state index contributed by atoms with van der Waals surface area (Å²) in [5, 5.41) is 10.5. The number of rotatable bonds is 5. The van der Waals surface area contributed by atoms with Crippen molar-refractivity contribution in [1.82, 2.24) is 15.1 Å². The Kier molecular flexibility index (Phi) is 5.20. The van der Waals surface area contributed by atoms with Gasteiger partial charge in [-0.15, -0.1) is 10.2 Å². The van der Waals surface area contributed by atoms with Crippen LogP contribution in [0.15, 0.2) is 34.7 Å². The highest BCUT2D eigenvalue weighted by Gasteiger charge is 2.30. The fraction of sp³-hybridized carbons (Fsp3) is 0.364. The van der Waals surface area contributed by atoms with E-state index in [1.807, 2.05) is 11.0 Å². The minimum atomic E-state index is -0.150. The lowest BCUT2D eigenvalue weighted by molar-refractivity contribution is -0.129. The maximum absolute atomic E-state index is 13.4. The van der Waals surface area contributed by atoms with Crippen LogP contribution in [0, 0.1) is 5.92 Å². The number of anilines is 1. The molecule has 1 atom stereocenters. The highest BCUT2D eigenvalue weighted by Crippen LogP contribution is 2.34. The van der Waals surface area contributed by atoms with Gasteiger partial charge in [0.05, 0.1) is 5.75 Å². The van der Waals surface area contributed by atoms with Gasteiger partial charge >= 0.3 is 0 Å². The maximum atomic E-state index is 13.4. The van der Waals surface area contributed by atoms with E-state index in [1.54, 1.807) is 0 Å². The van der Waals surface area contributed by atoms with Gasteiger partial charge in [0.15, 0.2) is 10.1 Å². The molecule has 0 spiro atoms. The number of benzene rings is 2. The molecule has 1 unspecified atom stereocenters. The molecule has 2 N–H and O–H groups in total. The van der Waals surface area contributed by atoms with Crippen LogP contribution in [0.3, 0.4) is 0 Å². The average molecular weight is 439 g/mol. The van der Waals surface area contributed by atoms with E-state index in [1.165, 1.54) is 39.6 Å². The van der Waals surface area contributed by atoms with Crippen LogP contribution < -0.4 is 5.73 Å². The Morgan fingerprint density at radius 3 is 2.80 bits per heavy atom. The zero-order chi connectivity index (χ0) is 20.7. The Labute approximate surface area is 182 Å². The molecule has 8 heteroatoms. The molecule has 1 aliphatic carbocycles. The van der Waals surface area contributed by atoms with Crippen molar-refractivity contribution >= 4 is 50.7 Å². The molecule has 6 nitrogen and oxygen atoms in total. The van der Waals surface area contributed by atoms with Crippen LogP contribution in [0.25, 0.3) is 10.8 Å². The van der Waals surface area contributed by atoms with Crippen LogP contribution in [-0.2, 0) is 17.6 Å². The summed E-state index contributed by atoms with van der Waals surface area (Å²) in [4.78, 5) is 28.0. The molecule has 3 aromatic rings. The van der Waals surface area contributed by atoms with E-state index in [2.05, 4.69) is 34.5 Å². The molecule has 1 fully saturated rings. The van der Waals surface area contributed by atoms with Crippen LogP contribution in [0.2, 0.25) is 0 Å². The molecule has 0 saturated carbocycles. The number of piperidine rings is 1. The largest absolute Gasteiger partial charge is 0.374 e.